The predicted molar refractivity (Wildman–Crippen MR) is 255 cm³/mol. The molecule has 13 nitrogen and oxygen atoms in total. The van der Waals surface area contributed by atoms with Gasteiger partial charge < -0.3 is 43.6 Å². The first-order valence-electron chi connectivity index (χ1n) is 27.3. The molecule has 4 saturated carbocycles. The van der Waals surface area contributed by atoms with Gasteiger partial charge in [-0.05, 0) is 143 Å². The molecule has 14 rings (SSSR count). The van der Waals surface area contributed by atoms with Gasteiger partial charge in [-0.1, -0.05) is 55.2 Å². The number of hydrogen-bond acceptors (Lipinski definition) is 13. The zero-order valence-electron chi connectivity index (χ0n) is 41.4. The van der Waals surface area contributed by atoms with Crippen LogP contribution in [-0.2, 0) is 58.2 Å². The summed E-state index contributed by atoms with van der Waals surface area (Å²) in [4.78, 5) is 47.3. The average Bonchev–Trinajstić information content (AvgIpc) is 3.61. The molecular weight excluding hydrogens is 901 g/mol. The van der Waals surface area contributed by atoms with Crippen LogP contribution in [0.3, 0.4) is 0 Å². The van der Waals surface area contributed by atoms with Crippen molar-refractivity contribution in [1.82, 2.24) is 10.2 Å². The monoisotopic (exact) mass is 970 g/mol. The standard InChI is InChI=1S/C58H70N2O11/c1-53(2)49-48(64)50(65)56-40-22-32(21-31-7-5-4-6-8-31)9-10-33(40)11-14-37-15-12-36-28-67-43(24-39(42(62)27-61)34-13-16-38-35(23-34)18-20-60-30-59-26-41(38)60)47(36)57(37)54(3,58(56)51(70-58)52(66)71-57)19-17-44(56)55(49)29-68-46(63)25-45(55)69-53/h4-8,18,20,28,32-35,37-42,44-45,49-51,59,61-62,65H,9-10,12-13,15-17,19,21-27,29-30H2,1-3H3. The van der Waals surface area contributed by atoms with Gasteiger partial charge in [0.25, 0.3) is 0 Å². The molecule has 20 unspecified atom stereocenters. The second-order valence-electron chi connectivity index (χ2n) is 25.2. The Morgan fingerprint density at radius 1 is 0.986 bits per heavy atom. The van der Waals surface area contributed by atoms with Crippen molar-refractivity contribution in [3.63, 3.8) is 0 Å². The molecule has 2 aromatic rings. The minimum Gasteiger partial charge on any atom is -0.469 e. The number of nitrogens with zero attached hydrogens (tertiary/aromatic N) is 1. The number of aliphatic hydroxyl groups excluding tert-OH is 3. The number of epoxide rings is 1. The maximum Gasteiger partial charge on any atom is 0.339 e. The molecule has 378 valence electrons. The summed E-state index contributed by atoms with van der Waals surface area (Å²) in [5, 5.41) is 40.1. The molecule has 6 aliphatic heterocycles. The molecule has 6 aliphatic carbocycles. The zero-order chi connectivity index (χ0) is 48.6. The molecule has 4 bridgehead atoms. The molecule has 20 atom stereocenters. The summed E-state index contributed by atoms with van der Waals surface area (Å²) in [6.07, 6.45) is 10.8. The fraction of sp³-hybridized carbons (Fsp3) is 0.707. The quantitative estimate of drug-likeness (QED) is 0.158. The topological polar surface area (TPSA) is 181 Å². The van der Waals surface area contributed by atoms with E-state index in [1.165, 1.54) is 5.56 Å². The molecular formula is C58H70N2O11. The molecule has 0 radical (unpaired) electrons. The van der Waals surface area contributed by atoms with E-state index >= 15 is 9.59 Å². The Bertz CT molecular complexity index is 2660. The average molecular weight is 971 g/mol. The molecule has 9 fully saturated rings. The number of Topliss-reactive ketones (excluding diaryl/α,β-unsaturated/α-hetero) is 1. The van der Waals surface area contributed by atoms with E-state index in [0.29, 0.717) is 62.2 Å². The van der Waals surface area contributed by atoms with E-state index in [-0.39, 0.29) is 61.0 Å². The van der Waals surface area contributed by atoms with Crippen LogP contribution in [0.5, 0.6) is 0 Å². The largest absolute Gasteiger partial charge is 0.469 e. The summed E-state index contributed by atoms with van der Waals surface area (Å²) >= 11 is 0. The maximum atomic E-state index is 16.0. The number of carbonyl (C=O) groups excluding carboxylic acids is 3. The number of furan rings is 1. The predicted octanol–water partition coefficient (Wildman–Crippen LogP) is 5.40. The Hall–Kier alpha value is -4.03. The summed E-state index contributed by atoms with van der Waals surface area (Å²) in [5.74, 6) is 5.78. The van der Waals surface area contributed by atoms with E-state index < -0.39 is 81.2 Å². The smallest absolute Gasteiger partial charge is 0.339 e. The first-order valence-corrected chi connectivity index (χ1v) is 27.3. The van der Waals surface area contributed by atoms with Crippen molar-refractivity contribution in [2.75, 3.05) is 26.4 Å². The fourth-order valence-corrected chi connectivity index (χ4v) is 19.9. The normalized spacial score (nSPS) is 47.7. The van der Waals surface area contributed by atoms with Gasteiger partial charge in [-0.25, -0.2) is 4.79 Å². The van der Waals surface area contributed by atoms with Crippen LogP contribution in [0, 0.1) is 87.3 Å². The Labute approximate surface area is 416 Å². The Balaban J connectivity index is 0.941. The number of nitrogens with one attached hydrogen (secondary N) is 1. The van der Waals surface area contributed by atoms with E-state index in [0.717, 1.165) is 62.9 Å². The van der Waals surface area contributed by atoms with Crippen LogP contribution < -0.4 is 5.32 Å². The highest BCUT2D eigenvalue weighted by atomic mass is 16.7. The molecule has 4 spiro atoms. The van der Waals surface area contributed by atoms with Gasteiger partial charge in [-0.3, -0.25) is 14.9 Å². The Morgan fingerprint density at radius 3 is 2.66 bits per heavy atom. The Kier molecular flexibility index (Phi) is 9.96. The molecule has 71 heavy (non-hydrogen) atoms. The van der Waals surface area contributed by atoms with Crippen LogP contribution in [-0.4, -0.2) is 106 Å². The molecule has 5 saturated heterocycles. The highest BCUT2D eigenvalue weighted by Crippen LogP contribution is 2.85. The van der Waals surface area contributed by atoms with Crippen molar-refractivity contribution in [3.8, 4) is 11.8 Å². The van der Waals surface area contributed by atoms with Gasteiger partial charge in [0.2, 0.25) is 0 Å². The Morgan fingerprint density at radius 2 is 1.83 bits per heavy atom. The van der Waals surface area contributed by atoms with E-state index in [4.69, 9.17) is 23.4 Å². The summed E-state index contributed by atoms with van der Waals surface area (Å²) in [5.41, 5.74) is -4.22. The third kappa shape index (κ3) is 5.68. The number of rotatable bonds is 7. The second kappa shape index (κ2) is 15.5. The fourth-order valence-electron chi connectivity index (χ4n) is 19.9. The molecule has 0 amide bonds. The number of esters is 2. The van der Waals surface area contributed by atoms with Crippen LogP contribution in [0.15, 0.2) is 53.3 Å². The van der Waals surface area contributed by atoms with Crippen LogP contribution in [0.1, 0.15) is 107 Å². The van der Waals surface area contributed by atoms with Crippen LogP contribution >= 0.6 is 0 Å². The maximum absolute atomic E-state index is 16.0. The van der Waals surface area contributed by atoms with Crippen molar-refractivity contribution in [1.29, 1.82) is 0 Å². The second-order valence-corrected chi connectivity index (χ2v) is 25.2. The summed E-state index contributed by atoms with van der Waals surface area (Å²) in [6.45, 7) is 7.47. The lowest BCUT2D eigenvalue weighted by atomic mass is 9.30. The third-order valence-electron chi connectivity index (χ3n) is 22.3. The highest BCUT2D eigenvalue weighted by Gasteiger charge is 2.96. The number of aryl methyl sites for hydroxylation is 1. The lowest BCUT2D eigenvalue weighted by molar-refractivity contribution is -0.301. The molecule has 1 aromatic heterocycles. The first kappa shape index (κ1) is 45.6. The van der Waals surface area contributed by atoms with Crippen molar-refractivity contribution in [2.45, 2.75) is 152 Å². The van der Waals surface area contributed by atoms with Crippen LogP contribution in [0.2, 0.25) is 0 Å². The van der Waals surface area contributed by atoms with Crippen molar-refractivity contribution in [3.05, 3.63) is 71.3 Å². The molecule has 7 heterocycles. The zero-order valence-corrected chi connectivity index (χ0v) is 41.4. The van der Waals surface area contributed by atoms with E-state index in [9.17, 15) is 20.1 Å². The lowest BCUT2D eigenvalue weighted by Gasteiger charge is -2.72. The third-order valence-corrected chi connectivity index (χ3v) is 22.3. The van der Waals surface area contributed by atoms with Crippen molar-refractivity contribution in [2.24, 2.45) is 75.4 Å². The van der Waals surface area contributed by atoms with Gasteiger partial charge in [0.1, 0.15) is 24.1 Å². The molecule has 1 aromatic carbocycles. The number of hydrogen-bond donors (Lipinski definition) is 4. The number of ether oxygens (including phenoxy) is 4. The van der Waals surface area contributed by atoms with E-state index in [1.54, 1.807) is 0 Å². The first-order chi connectivity index (χ1) is 34.2. The SMILES string of the molecule is CC1(C)OC2CC(=O)OCC23C1C(=O)C(O)C12C4CC(Cc5ccccc5)CCC4C#CC4CCc5coc(CC(C(O)CO)C6CCC7C(C=CN8CNCC78)C6)c5C45OC(=O)C4OC41C5(C)CCC32. The van der Waals surface area contributed by atoms with Crippen molar-refractivity contribution >= 4 is 17.7 Å². The lowest BCUT2D eigenvalue weighted by Crippen LogP contribution is -2.81. The van der Waals surface area contributed by atoms with Gasteiger partial charge in [0, 0.05) is 46.7 Å². The van der Waals surface area contributed by atoms with E-state index in [1.807, 2.05) is 26.2 Å². The van der Waals surface area contributed by atoms with Crippen LogP contribution in [0.25, 0.3) is 0 Å². The van der Waals surface area contributed by atoms with E-state index in [2.05, 4.69) is 65.5 Å². The van der Waals surface area contributed by atoms with Crippen LogP contribution in [0.4, 0.5) is 0 Å². The molecule has 13 heteroatoms. The highest BCUT2D eigenvalue weighted by molar-refractivity contribution is 5.92. The number of benzene rings is 1. The van der Waals surface area contributed by atoms with Gasteiger partial charge in [-0.2, -0.15) is 0 Å². The van der Waals surface area contributed by atoms with Gasteiger partial charge in [0.05, 0.1) is 55.6 Å². The molecule has 12 aliphatic rings. The number of allylic oxidation sites excluding steroid dienone is 1. The number of ketones is 1. The van der Waals surface area contributed by atoms with Gasteiger partial charge in [-0.15, -0.1) is 0 Å². The molecule has 4 N–H and O–H groups in total. The number of aliphatic hydroxyl groups is 3. The van der Waals surface area contributed by atoms with Gasteiger partial charge >= 0.3 is 11.9 Å². The minimum atomic E-state index is -1.54. The number of carbonyl (C=O) groups is 3. The number of cyclic esters (lactones) is 1. The summed E-state index contributed by atoms with van der Waals surface area (Å²) in [7, 11) is 0. The summed E-state index contributed by atoms with van der Waals surface area (Å²) in [6, 6.07) is 11.0. The summed E-state index contributed by atoms with van der Waals surface area (Å²) < 4.78 is 34.5. The van der Waals surface area contributed by atoms with Gasteiger partial charge in [0.15, 0.2) is 17.5 Å². The van der Waals surface area contributed by atoms with Crippen molar-refractivity contribution < 1.29 is 53.1 Å². The number of fused-ring (bicyclic) bond motifs is 5. The minimum absolute atomic E-state index is 0.000536.